The maximum absolute atomic E-state index is 11.3. The molecule has 0 spiro atoms. The number of amides is 1. The number of rotatable bonds is 25. The third-order valence-corrected chi connectivity index (χ3v) is 6.58. The van der Waals surface area contributed by atoms with Gasteiger partial charge in [0, 0.05) is 19.9 Å². The van der Waals surface area contributed by atoms with Gasteiger partial charge in [0.1, 0.15) is 0 Å². The van der Waals surface area contributed by atoms with E-state index in [-0.39, 0.29) is 25.2 Å². The molecule has 0 aliphatic carbocycles. The van der Waals surface area contributed by atoms with Crippen molar-refractivity contribution in [3.63, 3.8) is 0 Å². The minimum absolute atomic E-state index is 0.168. The van der Waals surface area contributed by atoms with Gasteiger partial charge in [0.25, 0.3) is 0 Å². The fraction of sp³-hybridized carbons (Fsp3) is 0.889. The number of carboxylic acid groups (broad SMARTS) is 2. The van der Waals surface area contributed by atoms with E-state index in [1.165, 1.54) is 71.3 Å². The molecule has 0 aromatic rings. The molecule has 0 rings (SSSR count). The van der Waals surface area contributed by atoms with Gasteiger partial charge in [-0.25, -0.2) is 0 Å². The lowest BCUT2D eigenvalue weighted by Crippen LogP contribution is -2.24. The Labute approximate surface area is 207 Å². The zero-order valence-electron chi connectivity index (χ0n) is 21.6. The Morgan fingerprint density at radius 2 is 1.03 bits per heavy atom. The van der Waals surface area contributed by atoms with Crippen LogP contribution in [0.4, 0.5) is 0 Å². The van der Waals surface area contributed by atoms with Crippen molar-refractivity contribution in [2.24, 2.45) is 5.92 Å². The number of aliphatic hydroxyl groups excluding tert-OH is 1. The molecule has 2 atom stereocenters. The molecule has 0 aliphatic heterocycles. The number of hydrogen-bond donors (Lipinski definition) is 4. The first-order valence-electron chi connectivity index (χ1n) is 13.7. The summed E-state index contributed by atoms with van der Waals surface area (Å²) in [5.74, 6) is -2.45. The average molecular weight is 486 g/mol. The Balaban J connectivity index is 3.42. The van der Waals surface area contributed by atoms with Crippen LogP contribution in [0.2, 0.25) is 0 Å². The average Bonchev–Trinajstić information content (AvgIpc) is 2.80. The molecule has 0 aliphatic rings. The standard InChI is InChI=1S/C27H51NO6/c1-28-25(30)21-20-23(27(33)34)22-24(29)18-16-14-12-10-8-6-4-2-3-5-7-9-11-13-15-17-19-26(31)32/h23-24,29H,2-22H2,1H3,(H,28,30)(H,31,32)(H,33,34). The van der Waals surface area contributed by atoms with Crippen molar-refractivity contribution in [3.05, 3.63) is 0 Å². The maximum Gasteiger partial charge on any atom is 0.306 e. The fourth-order valence-corrected chi connectivity index (χ4v) is 4.35. The number of carboxylic acids is 2. The molecule has 7 nitrogen and oxygen atoms in total. The van der Waals surface area contributed by atoms with Crippen LogP contribution in [0, 0.1) is 5.92 Å². The highest BCUT2D eigenvalue weighted by molar-refractivity contribution is 5.77. The van der Waals surface area contributed by atoms with Gasteiger partial charge < -0.3 is 20.6 Å². The van der Waals surface area contributed by atoms with Crippen molar-refractivity contribution in [2.45, 2.75) is 141 Å². The van der Waals surface area contributed by atoms with E-state index in [0.717, 1.165) is 38.5 Å². The number of aliphatic carboxylic acids is 2. The van der Waals surface area contributed by atoms with Gasteiger partial charge in [0.2, 0.25) is 5.91 Å². The molecular weight excluding hydrogens is 434 g/mol. The van der Waals surface area contributed by atoms with Gasteiger partial charge in [-0.05, 0) is 25.7 Å². The Morgan fingerprint density at radius 1 is 0.618 bits per heavy atom. The number of unbranched alkanes of at least 4 members (excludes halogenated alkanes) is 15. The lowest BCUT2D eigenvalue weighted by Gasteiger charge is -2.16. The normalized spacial score (nSPS) is 12.9. The largest absolute Gasteiger partial charge is 0.481 e. The summed E-state index contributed by atoms with van der Waals surface area (Å²) in [6.45, 7) is 0. The van der Waals surface area contributed by atoms with E-state index in [4.69, 9.17) is 5.11 Å². The number of hydrogen-bond acceptors (Lipinski definition) is 4. The van der Waals surface area contributed by atoms with Gasteiger partial charge in [-0.3, -0.25) is 14.4 Å². The quantitative estimate of drug-likeness (QED) is 0.116. The van der Waals surface area contributed by atoms with Gasteiger partial charge in [-0.15, -0.1) is 0 Å². The van der Waals surface area contributed by atoms with E-state index < -0.39 is 24.0 Å². The minimum Gasteiger partial charge on any atom is -0.481 e. The Bertz CT molecular complexity index is 525. The van der Waals surface area contributed by atoms with Crippen molar-refractivity contribution >= 4 is 17.8 Å². The summed E-state index contributed by atoms with van der Waals surface area (Å²) in [6.07, 6.45) is 20.0. The molecule has 200 valence electrons. The first-order chi connectivity index (χ1) is 16.4. The summed E-state index contributed by atoms with van der Waals surface area (Å²) in [7, 11) is 1.54. The number of carbonyl (C=O) groups is 3. The highest BCUT2D eigenvalue weighted by Crippen LogP contribution is 2.19. The first-order valence-corrected chi connectivity index (χ1v) is 13.7. The summed E-state index contributed by atoms with van der Waals surface area (Å²) in [5.41, 5.74) is 0. The topological polar surface area (TPSA) is 124 Å². The zero-order chi connectivity index (χ0) is 25.4. The summed E-state index contributed by atoms with van der Waals surface area (Å²) in [6, 6.07) is 0. The monoisotopic (exact) mass is 485 g/mol. The predicted molar refractivity (Wildman–Crippen MR) is 136 cm³/mol. The zero-order valence-corrected chi connectivity index (χ0v) is 21.6. The van der Waals surface area contributed by atoms with Crippen LogP contribution < -0.4 is 5.32 Å². The van der Waals surface area contributed by atoms with Crippen molar-refractivity contribution < 1.29 is 29.7 Å². The molecule has 4 N–H and O–H groups in total. The molecule has 0 saturated carbocycles. The molecule has 0 aromatic heterocycles. The Morgan fingerprint density at radius 3 is 1.41 bits per heavy atom. The van der Waals surface area contributed by atoms with Crippen LogP contribution in [0.3, 0.4) is 0 Å². The van der Waals surface area contributed by atoms with Crippen LogP contribution in [0.25, 0.3) is 0 Å². The van der Waals surface area contributed by atoms with Crippen molar-refractivity contribution in [3.8, 4) is 0 Å². The van der Waals surface area contributed by atoms with E-state index in [1.807, 2.05) is 0 Å². The summed E-state index contributed by atoms with van der Waals surface area (Å²) >= 11 is 0. The highest BCUT2D eigenvalue weighted by Gasteiger charge is 2.22. The van der Waals surface area contributed by atoms with Crippen LogP contribution >= 0.6 is 0 Å². The van der Waals surface area contributed by atoms with Gasteiger partial charge >= 0.3 is 11.9 Å². The van der Waals surface area contributed by atoms with Crippen LogP contribution in [-0.2, 0) is 14.4 Å². The van der Waals surface area contributed by atoms with Crippen molar-refractivity contribution in [2.75, 3.05) is 7.05 Å². The Hall–Kier alpha value is -1.63. The second-order valence-corrected chi connectivity index (χ2v) is 9.73. The molecule has 7 heteroatoms. The lowest BCUT2D eigenvalue weighted by molar-refractivity contribution is -0.143. The third kappa shape index (κ3) is 22.2. The van der Waals surface area contributed by atoms with Crippen molar-refractivity contribution in [1.82, 2.24) is 5.32 Å². The maximum atomic E-state index is 11.3. The van der Waals surface area contributed by atoms with E-state index >= 15 is 0 Å². The minimum atomic E-state index is -0.937. The molecule has 0 heterocycles. The van der Waals surface area contributed by atoms with Crippen LogP contribution in [0.5, 0.6) is 0 Å². The van der Waals surface area contributed by atoms with E-state index in [9.17, 15) is 24.6 Å². The molecule has 1 amide bonds. The second kappa shape index (κ2) is 23.1. The van der Waals surface area contributed by atoms with Gasteiger partial charge in [0.15, 0.2) is 0 Å². The SMILES string of the molecule is CNC(=O)CCC(CC(O)CCCCCCCCCCCCCCCCCCC(=O)O)C(=O)O. The second-order valence-electron chi connectivity index (χ2n) is 9.73. The van der Waals surface area contributed by atoms with E-state index in [1.54, 1.807) is 0 Å². The van der Waals surface area contributed by atoms with Crippen LogP contribution in [0.1, 0.15) is 135 Å². The Kier molecular flexibility index (Phi) is 22.0. The molecule has 34 heavy (non-hydrogen) atoms. The van der Waals surface area contributed by atoms with Gasteiger partial charge in [-0.2, -0.15) is 0 Å². The summed E-state index contributed by atoms with van der Waals surface area (Å²) < 4.78 is 0. The van der Waals surface area contributed by atoms with Crippen LogP contribution in [-0.4, -0.2) is 46.3 Å². The predicted octanol–water partition coefficient (Wildman–Crippen LogP) is 6.07. The molecule has 2 unspecified atom stereocenters. The third-order valence-electron chi connectivity index (χ3n) is 6.58. The lowest BCUT2D eigenvalue weighted by atomic mass is 9.93. The molecule has 0 fully saturated rings. The highest BCUT2D eigenvalue weighted by atomic mass is 16.4. The molecule has 0 saturated heterocycles. The summed E-state index contributed by atoms with van der Waals surface area (Å²) in [5, 5.41) is 30.5. The number of aliphatic hydroxyl groups is 1. The van der Waals surface area contributed by atoms with Gasteiger partial charge in [-0.1, -0.05) is 96.3 Å². The fourth-order valence-electron chi connectivity index (χ4n) is 4.35. The van der Waals surface area contributed by atoms with Crippen LogP contribution in [0.15, 0.2) is 0 Å². The molecule has 0 bridgehead atoms. The number of carbonyl (C=O) groups excluding carboxylic acids is 1. The van der Waals surface area contributed by atoms with E-state index in [0.29, 0.717) is 12.8 Å². The summed E-state index contributed by atoms with van der Waals surface area (Å²) in [4.78, 5) is 33.1. The smallest absolute Gasteiger partial charge is 0.306 e. The molecule has 0 aromatic carbocycles. The molecule has 0 radical (unpaired) electrons. The van der Waals surface area contributed by atoms with E-state index in [2.05, 4.69) is 5.32 Å². The van der Waals surface area contributed by atoms with Crippen molar-refractivity contribution in [1.29, 1.82) is 0 Å². The molecular formula is C27H51NO6. The number of nitrogens with one attached hydrogen (secondary N) is 1. The first kappa shape index (κ1) is 32.4. The van der Waals surface area contributed by atoms with Gasteiger partial charge in [0.05, 0.1) is 12.0 Å².